The van der Waals surface area contributed by atoms with Crippen molar-refractivity contribution in [2.45, 2.75) is 23.8 Å². The van der Waals surface area contributed by atoms with E-state index in [9.17, 15) is 13.2 Å². The number of hydrogen-bond acceptors (Lipinski definition) is 5. The molecule has 1 unspecified atom stereocenters. The molecule has 1 aliphatic heterocycles. The van der Waals surface area contributed by atoms with E-state index in [4.69, 9.17) is 9.47 Å². The first-order valence-electron chi connectivity index (χ1n) is 8.75. The maximum atomic E-state index is 12.4. The first-order valence-corrected chi connectivity index (χ1v) is 11.0. The number of amides is 1. The highest BCUT2D eigenvalue weighted by Gasteiger charge is 2.20. The van der Waals surface area contributed by atoms with Gasteiger partial charge >= 0.3 is 0 Å². The zero-order valence-electron chi connectivity index (χ0n) is 15.3. The van der Waals surface area contributed by atoms with E-state index >= 15 is 0 Å². The first-order chi connectivity index (χ1) is 13.4. The van der Waals surface area contributed by atoms with Gasteiger partial charge in [0.1, 0.15) is 5.75 Å². The SMILES string of the molecule is COc1ccc(C(=O)Nc2ccc(S(=O)(=O)NCC3CCCO3)cc2)cc1Br. The second kappa shape index (κ2) is 9.04. The maximum Gasteiger partial charge on any atom is 0.255 e. The molecule has 9 heteroatoms. The van der Waals surface area contributed by atoms with Gasteiger partial charge in [-0.2, -0.15) is 0 Å². The van der Waals surface area contributed by atoms with Gasteiger partial charge in [-0.1, -0.05) is 0 Å². The van der Waals surface area contributed by atoms with Crippen LogP contribution in [0.1, 0.15) is 23.2 Å². The first kappa shape index (κ1) is 20.8. The van der Waals surface area contributed by atoms with Crippen molar-refractivity contribution in [1.29, 1.82) is 0 Å². The third-order valence-electron chi connectivity index (χ3n) is 4.36. The van der Waals surface area contributed by atoms with E-state index in [0.29, 0.717) is 28.1 Å². The number of benzene rings is 2. The number of ether oxygens (including phenoxy) is 2. The summed E-state index contributed by atoms with van der Waals surface area (Å²) in [6.45, 7) is 0.929. The van der Waals surface area contributed by atoms with Crippen molar-refractivity contribution in [3.63, 3.8) is 0 Å². The maximum absolute atomic E-state index is 12.4. The number of halogens is 1. The van der Waals surface area contributed by atoms with Crippen LogP contribution in [0.2, 0.25) is 0 Å². The Morgan fingerprint density at radius 2 is 2.00 bits per heavy atom. The van der Waals surface area contributed by atoms with Gasteiger partial charge in [-0.15, -0.1) is 0 Å². The van der Waals surface area contributed by atoms with Gasteiger partial charge in [0.15, 0.2) is 0 Å². The zero-order chi connectivity index (χ0) is 20.1. The van der Waals surface area contributed by atoms with Crippen molar-refractivity contribution in [3.8, 4) is 5.75 Å². The van der Waals surface area contributed by atoms with Gasteiger partial charge < -0.3 is 14.8 Å². The molecule has 2 aromatic carbocycles. The number of carbonyl (C=O) groups excluding carboxylic acids is 1. The molecule has 1 fully saturated rings. The molecular weight excluding hydrogens is 448 g/mol. The van der Waals surface area contributed by atoms with Crippen molar-refractivity contribution in [1.82, 2.24) is 4.72 Å². The van der Waals surface area contributed by atoms with Crippen LogP contribution in [0, 0.1) is 0 Å². The second-order valence-electron chi connectivity index (χ2n) is 6.31. The Labute approximate surface area is 172 Å². The normalized spacial score (nSPS) is 16.7. The van der Waals surface area contributed by atoms with Crippen molar-refractivity contribution in [2.75, 3.05) is 25.6 Å². The van der Waals surface area contributed by atoms with Crippen molar-refractivity contribution in [3.05, 3.63) is 52.5 Å². The number of hydrogen-bond donors (Lipinski definition) is 2. The van der Waals surface area contributed by atoms with Gasteiger partial charge in [0.25, 0.3) is 5.91 Å². The molecule has 3 rings (SSSR count). The summed E-state index contributed by atoms with van der Waals surface area (Å²) in [5.41, 5.74) is 0.942. The van der Waals surface area contributed by atoms with Gasteiger partial charge in [0.2, 0.25) is 10.0 Å². The molecule has 1 amide bonds. The van der Waals surface area contributed by atoms with E-state index in [1.165, 1.54) is 12.1 Å². The molecule has 1 atom stereocenters. The van der Waals surface area contributed by atoms with Crippen LogP contribution in [-0.4, -0.2) is 40.7 Å². The zero-order valence-corrected chi connectivity index (χ0v) is 17.7. The fourth-order valence-electron chi connectivity index (χ4n) is 2.82. The molecule has 0 bridgehead atoms. The summed E-state index contributed by atoms with van der Waals surface area (Å²) in [7, 11) is -2.07. The van der Waals surface area contributed by atoms with E-state index < -0.39 is 10.0 Å². The lowest BCUT2D eigenvalue weighted by Gasteiger charge is -2.12. The number of methoxy groups -OCH3 is 1. The minimum absolute atomic E-state index is 0.0721. The largest absolute Gasteiger partial charge is 0.496 e. The molecule has 0 radical (unpaired) electrons. The lowest BCUT2D eigenvalue weighted by Crippen LogP contribution is -2.31. The van der Waals surface area contributed by atoms with Crippen molar-refractivity contribution >= 4 is 37.5 Å². The number of carbonyl (C=O) groups is 1. The van der Waals surface area contributed by atoms with Gasteiger partial charge in [0, 0.05) is 24.4 Å². The standard InChI is InChI=1S/C19H21BrN2O5S/c1-26-18-9-4-13(11-17(18)20)19(23)22-14-5-7-16(8-6-14)28(24,25)21-12-15-3-2-10-27-15/h4-9,11,15,21H,2-3,10,12H2,1H3,(H,22,23). The van der Waals surface area contributed by atoms with Crippen LogP contribution >= 0.6 is 15.9 Å². The quantitative estimate of drug-likeness (QED) is 0.650. The topological polar surface area (TPSA) is 93.7 Å². The summed E-state index contributed by atoms with van der Waals surface area (Å²) >= 11 is 3.34. The molecular formula is C19H21BrN2O5S. The predicted molar refractivity (Wildman–Crippen MR) is 109 cm³/mol. The molecule has 0 aromatic heterocycles. The summed E-state index contributed by atoms with van der Waals surface area (Å²) in [6.07, 6.45) is 1.73. The fourth-order valence-corrected chi connectivity index (χ4v) is 4.43. The Morgan fingerprint density at radius 1 is 1.25 bits per heavy atom. The summed E-state index contributed by atoms with van der Waals surface area (Å²) in [4.78, 5) is 12.5. The lowest BCUT2D eigenvalue weighted by atomic mass is 10.2. The molecule has 1 heterocycles. The molecule has 0 spiro atoms. The molecule has 1 saturated heterocycles. The smallest absolute Gasteiger partial charge is 0.255 e. The summed E-state index contributed by atoms with van der Waals surface area (Å²) in [5, 5.41) is 2.74. The van der Waals surface area contributed by atoms with Crippen molar-refractivity contribution in [2.24, 2.45) is 0 Å². The Morgan fingerprint density at radius 3 is 2.61 bits per heavy atom. The number of nitrogens with one attached hydrogen (secondary N) is 2. The van der Waals surface area contributed by atoms with Crippen LogP contribution in [0.4, 0.5) is 5.69 Å². The lowest BCUT2D eigenvalue weighted by molar-refractivity contribution is 0.102. The molecule has 0 saturated carbocycles. The molecule has 0 aliphatic carbocycles. The molecule has 1 aliphatic rings. The van der Waals surface area contributed by atoms with Crippen LogP contribution in [0.15, 0.2) is 51.8 Å². The van der Waals surface area contributed by atoms with Crippen LogP contribution in [0.25, 0.3) is 0 Å². The molecule has 2 N–H and O–H groups in total. The Hall–Kier alpha value is -1.94. The number of rotatable bonds is 7. The Balaban J connectivity index is 1.63. The van der Waals surface area contributed by atoms with E-state index in [0.717, 1.165) is 12.8 Å². The van der Waals surface area contributed by atoms with E-state index in [1.807, 2.05) is 0 Å². The highest BCUT2D eigenvalue weighted by molar-refractivity contribution is 9.10. The molecule has 28 heavy (non-hydrogen) atoms. The van der Waals surface area contributed by atoms with Crippen LogP contribution in [-0.2, 0) is 14.8 Å². The van der Waals surface area contributed by atoms with Gasteiger partial charge in [-0.3, -0.25) is 4.79 Å². The number of anilines is 1. The number of sulfonamides is 1. The third kappa shape index (κ3) is 5.11. The minimum Gasteiger partial charge on any atom is -0.496 e. The van der Waals surface area contributed by atoms with Crippen molar-refractivity contribution < 1.29 is 22.7 Å². The fraction of sp³-hybridized carbons (Fsp3) is 0.316. The van der Waals surface area contributed by atoms with Crippen LogP contribution in [0.5, 0.6) is 5.75 Å². The van der Waals surface area contributed by atoms with Crippen LogP contribution < -0.4 is 14.8 Å². The molecule has 7 nitrogen and oxygen atoms in total. The van der Waals surface area contributed by atoms with E-state index in [1.54, 1.807) is 37.4 Å². The van der Waals surface area contributed by atoms with E-state index in [-0.39, 0.29) is 23.5 Å². The third-order valence-corrected chi connectivity index (χ3v) is 6.42. The van der Waals surface area contributed by atoms with Crippen LogP contribution in [0.3, 0.4) is 0 Å². The second-order valence-corrected chi connectivity index (χ2v) is 8.94. The monoisotopic (exact) mass is 468 g/mol. The Kier molecular flexibility index (Phi) is 6.71. The van der Waals surface area contributed by atoms with Gasteiger partial charge in [-0.25, -0.2) is 13.1 Å². The predicted octanol–water partition coefficient (Wildman–Crippen LogP) is 3.17. The highest BCUT2D eigenvalue weighted by atomic mass is 79.9. The molecule has 150 valence electrons. The Bertz CT molecular complexity index is 941. The molecule has 2 aromatic rings. The average Bonchev–Trinajstić information content (AvgIpc) is 3.20. The summed E-state index contributed by atoms with van der Waals surface area (Å²) in [5.74, 6) is 0.317. The average molecular weight is 469 g/mol. The minimum atomic E-state index is -3.62. The summed E-state index contributed by atoms with van der Waals surface area (Å²) in [6, 6.07) is 11.0. The van der Waals surface area contributed by atoms with Gasteiger partial charge in [0.05, 0.1) is 22.6 Å². The van der Waals surface area contributed by atoms with E-state index in [2.05, 4.69) is 26.0 Å². The summed E-state index contributed by atoms with van der Waals surface area (Å²) < 4.78 is 38.5. The van der Waals surface area contributed by atoms with Gasteiger partial charge in [-0.05, 0) is 71.2 Å². The highest BCUT2D eigenvalue weighted by Crippen LogP contribution is 2.26.